The summed E-state index contributed by atoms with van der Waals surface area (Å²) in [7, 11) is 0. The van der Waals surface area contributed by atoms with E-state index in [0.717, 1.165) is 12.0 Å². The van der Waals surface area contributed by atoms with Crippen LogP contribution in [0, 0.1) is 0 Å². The fraction of sp³-hybridized carbons (Fsp3) is 0.188. The summed E-state index contributed by atoms with van der Waals surface area (Å²) < 4.78 is 0. The maximum absolute atomic E-state index is 12.2. The molecule has 1 atom stereocenters. The lowest BCUT2D eigenvalue weighted by molar-refractivity contribution is -0.120. The van der Waals surface area contributed by atoms with Crippen LogP contribution in [0.5, 0.6) is 0 Å². The van der Waals surface area contributed by atoms with Crippen molar-refractivity contribution < 1.29 is 4.79 Å². The number of benzene rings is 2. The molecule has 3 rings (SSSR count). The van der Waals surface area contributed by atoms with Crippen LogP contribution in [0.4, 0.5) is 0 Å². The van der Waals surface area contributed by atoms with Crippen molar-refractivity contribution in [3.8, 4) is 0 Å². The molecule has 0 saturated carbocycles. The number of carbonyl (C=O) groups excluding carboxylic acids is 1. The highest BCUT2D eigenvalue weighted by molar-refractivity contribution is 6.30. The van der Waals surface area contributed by atoms with Gasteiger partial charge in [0.15, 0.2) is 0 Å². The third-order valence-corrected chi connectivity index (χ3v) is 3.75. The minimum absolute atomic E-state index is 0.0835. The molecule has 2 aromatic carbocycles. The summed E-state index contributed by atoms with van der Waals surface area (Å²) >= 11 is 5.93. The van der Waals surface area contributed by atoms with Crippen LogP contribution in [0.25, 0.3) is 0 Å². The van der Waals surface area contributed by atoms with E-state index in [0.29, 0.717) is 11.4 Å². The van der Waals surface area contributed by atoms with Crippen LogP contribution in [-0.4, -0.2) is 5.78 Å². The first-order valence-corrected chi connectivity index (χ1v) is 6.47. The Bertz CT molecular complexity index is 604. The van der Waals surface area contributed by atoms with Gasteiger partial charge in [-0.25, -0.2) is 0 Å². The summed E-state index contributed by atoms with van der Waals surface area (Å²) in [6.45, 7) is 0. The number of hydrogen-bond acceptors (Lipinski definition) is 1. The first-order chi connectivity index (χ1) is 8.74. The van der Waals surface area contributed by atoms with Crippen molar-refractivity contribution in [3.05, 3.63) is 70.2 Å². The Hall–Kier alpha value is -1.60. The number of rotatable bonds is 3. The van der Waals surface area contributed by atoms with E-state index in [9.17, 15) is 4.79 Å². The highest BCUT2D eigenvalue weighted by atomic mass is 35.5. The largest absolute Gasteiger partial charge is 0.299 e. The van der Waals surface area contributed by atoms with Gasteiger partial charge in [0.1, 0.15) is 5.78 Å². The van der Waals surface area contributed by atoms with E-state index in [1.807, 2.05) is 36.4 Å². The lowest BCUT2D eigenvalue weighted by Gasteiger charge is -2.28. The van der Waals surface area contributed by atoms with Crippen LogP contribution < -0.4 is 0 Å². The van der Waals surface area contributed by atoms with E-state index in [-0.39, 0.29) is 11.7 Å². The van der Waals surface area contributed by atoms with Crippen LogP contribution in [0.15, 0.2) is 48.5 Å². The van der Waals surface area contributed by atoms with E-state index in [1.165, 1.54) is 11.1 Å². The summed E-state index contributed by atoms with van der Waals surface area (Å²) in [4.78, 5) is 12.2. The Balaban J connectivity index is 1.75. The Morgan fingerprint density at radius 2 is 2.00 bits per heavy atom. The molecule has 0 N–H and O–H groups in total. The predicted molar refractivity (Wildman–Crippen MR) is 73.1 cm³/mol. The van der Waals surface area contributed by atoms with Crippen molar-refractivity contribution in [2.45, 2.75) is 18.8 Å². The lowest BCUT2D eigenvalue weighted by Crippen LogP contribution is -2.26. The standard InChI is InChI=1S/C16H13ClO/c17-13-6-3-4-11(8-13)9-16(18)15-10-12-5-1-2-7-14(12)15/h1-8,15H,9-10H2. The van der Waals surface area contributed by atoms with Crippen LogP contribution in [0.3, 0.4) is 0 Å². The van der Waals surface area contributed by atoms with Gasteiger partial charge in [-0.2, -0.15) is 0 Å². The van der Waals surface area contributed by atoms with Crippen molar-refractivity contribution in [1.29, 1.82) is 0 Å². The van der Waals surface area contributed by atoms with E-state index < -0.39 is 0 Å². The number of fused-ring (bicyclic) bond motifs is 1. The van der Waals surface area contributed by atoms with Crippen molar-refractivity contribution in [3.63, 3.8) is 0 Å². The second-order valence-corrected chi connectivity index (χ2v) is 5.16. The molecule has 0 amide bonds. The van der Waals surface area contributed by atoms with Crippen molar-refractivity contribution in [2.24, 2.45) is 0 Å². The van der Waals surface area contributed by atoms with Crippen LogP contribution >= 0.6 is 11.6 Å². The van der Waals surface area contributed by atoms with Gasteiger partial charge in [-0.3, -0.25) is 4.79 Å². The number of ketones is 1. The number of Topliss-reactive ketones (excluding diaryl/α,β-unsaturated/α-hetero) is 1. The number of carbonyl (C=O) groups is 1. The molecule has 1 nitrogen and oxygen atoms in total. The maximum Gasteiger partial charge on any atom is 0.145 e. The minimum Gasteiger partial charge on any atom is -0.299 e. The molecule has 90 valence electrons. The summed E-state index contributed by atoms with van der Waals surface area (Å²) in [5, 5.41) is 0.689. The second-order valence-electron chi connectivity index (χ2n) is 4.73. The van der Waals surface area contributed by atoms with E-state index in [1.54, 1.807) is 0 Å². The summed E-state index contributed by atoms with van der Waals surface area (Å²) in [6.07, 6.45) is 1.36. The average molecular weight is 257 g/mol. The first kappa shape index (κ1) is 11.5. The molecule has 0 bridgehead atoms. The van der Waals surface area contributed by atoms with Gasteiger partial charge in [0.25, 0.3) is 0 Å². The third-order valence-electron chi connectivity index (χ3n) is 3.51. The topological polar surface area (TPSA) is 17.1 Å². The molecule has 0 aliphatic heterocycles. The Morgan fingerprint density at radius 1 is 1.17 bits per heavy atom. The number of halogens is 1. The fourth-order valence-corrected chi connectivity index (χ4v) is 2.73. The Morgan fingerprint density at radius 3 is 2.78 bits per heavy atom. The second kappa shape index (κ2) is 4.58. The number of hydrogen-bond donors (Lipinski definition) is 0. The van der Waals surface area contributed by atoms with Gasteiger partial charge >= 0.3 is 0 Å². The molecule has 0 fully saturated rings. The van der Waals surface area contributed by atoms with Gasteiger partial charge in [0.05, 0.1) is 0 Å². The van der Waals surface area contributed by atoms with Gasteiger partial charge < -0.3 is 0 Å². The molecule has 0 radical (unpaired) electrons. The molecule has 0 heterocycles. The summed E-state index contributed by atoms with van der Waals surface area (Å²) in [5.74, 6) is 0.371. The fourth-order valence-electron chi connectivity index (χ4n) is 2.52. The molecule has 2 aromatic rings. The van der Waals surface area contributed by atoms with Crippen molar-refractivity contribution in [1.82, 2.24) is 0 Å². The molecule has 1 aliphatic rings. The highest BCUT2D eigenvalue weighted by Gasteiger charge is 2.31. The Kier molecular flexibility index (Phi) is 2.92. The SMILES string of the molecule is O=C(Cc1cccc(Cl)c1)C1Cc2ccccc21. The zero-order chi connectivity index (χ0) is 12.5. The smallest absolute Gasteiger partial charge is 0.145 e. The van der Waals surface area contributed by atoms with Crippen LogP contribution in [0.1, 0.15) is 22.6 Å². The van der Waals surface area contributed by atoms with Gasteiger partial charge in [0.2, 0.25) is 0 Å². The van der Waals surface area contributed by atoms with Crippen molar-refractivity contribution in [2.75, 3.05) is 0 Å². The quantitative estimate of drug-likeness (QED) is 0.817. The predicted octanol–water partition coefficient (Wildman–Crippen LogP) is 3.79. The monoisotopic (exact) mass is 256 g/mol. The molecule has 2 heteroatoms. The van der Waals surface area contributed by atoms with Crippen LogP contribution in [-0.2, 0) is 17.6 Å². The zero-order valence-electron chi connectivity index (χ0n) is 9.90. The van der Waals surface area contributed by atoms with E-state index in [4.69, 9.17) is 11.6 Å². The maximum atomic E-state index is 12.2. The summed E-state index contributed by atoms with van der Waals surface area (Å²) in [5.41, 5.74) is 3.50. The van der Waals surface area contributed by atoms with Gasteiger partial charge in [-0.05, 0) is 35.2 Å². The molecular formula is C16H13ClO. The van der Waals surface area contributed by atoms with E-state index >= 15 is 0 Å². The van der Waals surface area contributed by atoms with Crippen LogP contribution in [0.2, 0.25) is 5.02 Å². The lowest BCUT2D eigenvalue weighted by atomic mass is 9.74. The summed E-state index contributed by atoms with van der Waals surface area (Å²) in [6, 6.07) is 15.7. The molecular weight excluding hydrogens is 244 g/mol. The molecule has 0 saturated heterocycles. The highest BCUT2D eigenvalue weighted by Crippen LogP contribution is 2.36. The molecule has 0 aromatic heterocycles. The van der Waals surface area contributed by atoms with Gasteiger partial charge in [-0.1, -0.05) is 48.0 Å². The molecule has 1 unspecified atom stereocenters. The normalized spacial score (nSPS) is 16.8. The van der Waals surface area contributed by atoms with Crippen molar-refractivity contribution >= 4 is 17.4 Å². The Labute approximate surface area is 111 Å². The zero-order valence-corrected chi connectivity index (χ0v) is 10.7. The van der Waals surface area contributed by atoms with Gasteiger partial charge in [0, 0.05) is 17.4 Å². The first-order valence-electron chi connectivity index (χ1n) is 6.09. The molecule has 18 heavy (non-hydrogen) atoms. The molecule has 0 spiro atoms. The van der Waals surface area contributed by atoms with Gasteiger partial charge in [-0.15, -0.1) is 0 Å². The average Bonchev–Trinajstić information content (AvgIpc) is 2.30. The minimum atomic E-state index is 0.0835. The van der Waals surface area contributed by atoms with E-state index in [2.05, 4.69) is 12.1 Å². The third kappa shape index (κ3) is 2.06. The molecule has 1 aliphatic carbocycles.